The first-order valence-electron chi connectivity index (χ1n) is 16.4. The summed E-state index contributed by atoms with van der Waals surface area (Å²) < 4.78 is 102. The van der Waals surface area contributed by atoms with Crippen molar-refractivity contribution in [3.8, 4) is 5.75 Å². The van der Waals surface area contributed by atoms with Gasteiger partial charge < -0.3 is 10.0 Å². The lowest BCUT2D eigenvalue weighted by atomic mass is 9.89. The van der Waals surface area contributed by atoms with Gasteiger partial charge in [-0.05, 0) is 136 Å². The SMILES string of the molecule is O=S(=O)(CCC[C@@H]1CCCN1CCCCCCC1=C(c2cccc(F)c2)CCCc2cc(O)ccc21)CCCC(F)(F)C(F)(F)F. The topological polar surface area (TPSA) is 57.6 Å². The summed E-state index contributed by atoms with van der Waals surface area (Å²) in [5.74, 6) is -5.75. The van der Waals surface area contributed by atoms with Gasteiger partial charge in [-0.15, -0.1) is 0 Å². The van der Waals surface area contributed by atoms with E-state index in [0.717, 1.165) is 94.0 Å². The van der Waals surface area contributed by atoms with Crippen molar-refractivity contribution in [1.29, 1.82) is 0 Å². The van der Waals surface area contributed by atoms with Crippen LogP contribution >= 0.6 is 0 Å². The van der Waals surface area contributed by atoms with Gasteiger partial charge in [0.1, 0.15) is 21.4 Å². The summed E-state index contributed by atoms with van der Waals surface area (Å²) in [6.45, 7) is 1.85. The maximum atomic E-state index is 14.1. The van der Waals surface area contributed by atoms with Crippen LogP contribution in [-0.4, -0.2) is 61.2 Å². The van der Waals surface area contributed by atoms with Crippen LogP contribution in [0.3, 0.4) is 0 Å². The molecule has 0 unspecified atom stereocenters. The Labute approximate surface area is 268 Å². The number of nitrogens with zero attached hydrogens (tertiary/aromatic N) is 1. The van der Waals surface area contributed by atoms with E-state index in [1.165, 1.54) is 17.2 Å². The molecule has 0 amide bonds. The summed E-state index contributed by atoms with van der Waals surface area (Å²) in [6, 6.07) is 12.6. The molecule has 1 aliphatic carbocycles. The van der Waals surface area contributed by atoms with Crippen LogP contribution in [0.1, 0.15) is 100 Å². The molecule has 11 heteroatoms. The van der Waals surface area contributed by atoms with E-state index < -0.39 is 40.5 Å². The number of benzene rings is 2. The first kappa shape index (κ1) is 36.3. The van der Waals surface area contributed by atoms with Gasteiger partial charge in [-0.25, -0.2) is 12.8 Å². The Bertz CT molecular complexity index is 1440. The molecule has 0 radical (unpaired) electrons. The van der Waals surface area contributed by atoms with E-state index in [0.29, 0.717) is 12.8 Å². The van der Waals surface area contributed by atoms with E-state index in [2.05, 4.69) is 4.90 Å². The molecule has 1 aliphatic heterocycles. The predicted octanol–water partition coefficient (Wildman–Crippen LogP) is 9.37. The van der Waals surface area contributed by atoms with Crippen LogP contribution in [0.4, 0.5) is 26.3 Å². The van der Waals surface area contributed by atoms with Crippen molar-refractivity contribution in [3.63, 3.8) is 0 Å². The van der Waals surface area contributed by atoms with Gasteiger partial charge in [0.2, 0.25) is 0 Å². The third-order valence-electron chi connectivity index (χ3n) is 9.30. The van der Waals surface area contributed by atoms with Gasteiger partial charge in [0, 0.05) is 12.5 Å². The zero-order chi connectivity index (χ0) is 33.4. The number of aryl methyl sites for hydroxylation is 1. The maximum Gasteiger partial charge on any atom is 0.453 e. The molecule has 2 aromatic rings. The zero-order valence-corrected chi connectivity index (χ0v) is 27.1. The average Bonchev–Trinajstić information content (AvgIpc) is 3.33. The molecule has 1 heterocycles. The fourth-order valence-electron chi connectivity index (χ4n) is 6.91. The highest BCUT2D eigenvalue weighted by Crippen LogP contribution is 2.40. The van der Waals surface area contributed by atoms with E-state index in [1.54, 1.807) is 18.2 Å². The van der Waals surface area contributed by atoms with Crippen molar-refractivity contribution in [3.05, 3.63) is 65.0 Å². The minimum absolute atomic E-state index is 0.203. The van der Waals surface area contributed by atoms with Crippen molar-refractivity contribution >= 4 is 21.0 Å². The maximum absolute atomic E-state index is 14.1. The molecule has 2 aliphatic rings. The van der Waals surface area contributed by atoms with Crippen LogP contribution in [0.25, 0.3) is 11.1 Å². The van der Waals surface area contributed by atoms with Crippen molar-refractivity contribution in [2.45, 2.75) is 108 Å². The lowest BCUT2D eigenvalue weighted by Gasteiger charge is -2.24. The van der Waals surface area contributed by atoms with Gasteiger partial charge in [0.05, 0.1) is 11.5 Å². The first-order chi connectivity index (χ1) is 21.8. The highest BCUT2D eigenvalue weighted by molar-refractivity contribution is 7.91. The molecule has 0 aromatic heterocycles. The minimum Gasteiger partial charge on any atom is -0.508 e. The van der Waals surface area contributed by atoms with E-state index in [-0.39, 0.29) is 23.4 Å². The third-order valence-corrected chi connectivity index (χ3v) is 11.1. The molecule has 4 nitrogen and oxygen atoms in total. The third kappa shape index (κ3) is 10.2. The number of alkyl halides is 5. The number of rotatable bonds is 16. The lowest BCUT2D eigenvalue weighted by molar-refractivity contribution is -0.284. The Hall–Kier alpha value is -2.53. The highest BCUT2D eigenvalue weighted by atomic mass is 32.2. The second-order valence-electron chi connectivity index (χ2n) is 12.8. The largest absolute Gasteiger partial charge is 0.508 e. The normalized spacial score (nSPS) is 18.2. The quantitative estimate of drug-likeness (QED) is 0.143. The summed E-state index contributed by atoms with van der Waals surface area (Å²) in [7, 11) is -3.70. The number of phenolic OH excluding ortho intramolecular Hbond substituents is 1. The molecule has 1 N–H and O–H groups in total. The summed E-state index contributed by atoms with van der Waals surface area (Å²) in [4.78, 5) is 2.38. The number of likely N-dealkylation sites (tertiary alicyclic amines) is 1. The molecular weight excluding hydrogens is 628 g/mol. The molecule has 1 saturated heterocycles. The Kier molecular flexibility index (Phi) is 12.7. The van der Waals surface area contributed by atoms with Crippen LogP contribution in [0.15, 0.2) is 42.5 Å². The number of hydrogen-bond acceptors (Lipinski definition) is 4. The van der Waals surface area contributed by atoms with Gasteiger partial charge in [0.15, 0.2) is 0 Å². The van der Waals surface area contributed by atoms with E-state index in [4.69, 9.17) is 0 Å². The molecule has 46 heavy (non-hydrogen) atoms. The summed E-state index contributed by atoms with van der Waals surface area (Å²) >= 11 is 0. The second kappa shape index (κ2) is 16.0. The van der Waals surface area contributed by atoms with Gasteiger partial charge >= 0.3 is 12.1 Å². The van der Waals surface area contributed by atoms with Crippen LogP contribution in [0.5, 0.6) is 5.75 Å². The summed E-state index contributed by atoms with van der Waals surface area (Å²) in [5.41, 5.74) is 5.56. The summed E-state index contributed by atoms with van der Waals surface area (Å²) in [6.07, 6.45) is 2.63. The predicted molar refractivity (Wildman–Crippen MR) is 170 cm³/mol. The number of fused-ring (bicyclic) bond motifs is 1. The van der Waals surface area contributed by atoms with Gasteiger partial charge in [-0.2, -0.15) is 22.0 Å². The number of halogens is 6. The molecule has 1 atom stereocenters. The molecule has 4 rings (SSSR count). The zero-order valence-electron chi connectivity index (χ0n) is 26.2. The number of phenols is 1. The monoisotopic (exact) mass is 673 g/mol. The summed E-state index contributed by atoms with van der Waals surface area (Å²) in [5, 5.41) is 10.1. The van der Waals surface area contributed by atoms with E-state index in [1.807, 2.05) is 18.2 Å². The Balaban J connectivity index is 1.22. The lowest BCUT2D eigenvalue weighted by Crippen LogP contribution is -2.36. The number of allylic oxidation sites excluding steroid dienone is 2. The van der Waals surface area contributed by atoms with Crippen LogP contribution in [0.2, 0.25) is 0 Å². The standard InChI is InChI=1S/C35H45F6NO3S/c36-28-12-5-10-26(24-28)31-16-6-11-27-25-30(43)17-18-32(27)33(31)15-3-1-2-4-20-42-21-7-13-29(42)14-8-22-46(44,45)23-9-19-34(37,38)35(39,40)41/h5,10,12,17-18,24-25,29,43H,1-4,6-9,11,13-16,19-23H2/t29-/m0/s1. The van der Waals surface area contributed by atoms with Gasteiger partial charge in [-0.3, -0.25) is 0 Å². The van der Waals surface area contributed by atoms with Crippen molar-refractivity contribution < 1.29 is 39.9 Å². The minimum atomic E-state index is -5.67. The van der Waals surface area contributed by atoms with Crippen molar-refractivity contribution in [1.82, 2.24) is 4.90 Å². The van der Waals surface area contributed by atoms with Crippen LogP contribution in [0, 0.1) is 5.82 Å². The molecule has 2 aromatic carbocycles. The second-order valence-corrected chi connectivity index (χ2v) is 15.1. The van der Waals surface area contributed by atoms with E-state index >= 15 is 0 Å². The molecule has 0 saturated carbocycles. The molecule has 256 valence electrons. The first-order valence-corrected chi connectivity index (χ1v) is 18.3. The number of aromatic hydroxyl groups is 1. The Morgan fingerprint density at radius 3 is 2.39 bits per heavy atom. The fraction of sp³-hybridized carbons (Fsp3) is 0.600. The van der Waals surface area contributed by atoms with Crippen LogP contribution < -0.4 is 0 Å². The molecule has 1 fully saturated rings. The fourth-order valence-corrected chi connectivity index (χ4v) is 8.31. The van der Waals surface area contributed by atoms with Gasteiger partial charge in [-0.1, -0.05) is 31.0 Å². The molecular formula is C35H45F6NO3S. The van der Waals surface area contributed by atoms with Crippen LogP contribution in [-0.2, 0) is 16.3 Å². The molecule has 0 bridgehead atoms. The smallest absolute Gasteiger partial charge is 0.453 e. The Morgan fingerprint density at radius 1 is 0.870 bits per heavy atom. The highest BCUT2D eigenvalue weighted by Gasteiger charge is 2.56. The average molecular weight is 674 g/mol. The Morgan fingerprint density at radius 2 is 1.63 bits per heavy atom. The number of unbranched alkanes of at least 4 members (excludes halogenated alkanes) is 3. The number of sulfone groups is 1. The number of hydrogen-bond donors (Lipinski definition) is 1. The van der Waals surface area contributed by atoms with Crippen molar-refractivity contribution in [2.75, 3.05) is 24.6 Å². The molecule has 0 spiro atoms. The van der Waals surface area contributed by atoms with Gasteiger partial charge in [0.25, 0.3) is 0 Å². The van der Waals surface area contributed by atoms with Crippen molar-refractivity contribution in [2.24, 2.45) is 0 Å². The van der Waals surface area contributed by atoms with E-state index in [9.17, 15) is 39.9 Å².